The van der Waals surface area contributed by atoms with E-state index < -0.39 is 0 Å². The van der Waals surface area contributed by atoms with Crippen molar-refractivity contribution < 1.29 is 4.79 Å². The highest BCUT2D eigenvalue weighted by molar-refractivity contribution is 9.10. The smallest absolute Gasteiger partial charge is 0.253 e. The van der Waals surface area contributed by atoms with Crippen LogP contribution in [0.25, 0.3) is 0 Å². The van der Waals surface area contributed by atoms with Gasteiger partial charge in [0, 0.05) is 36.0 Å². The number of pyridine rings is 1. The van der Waals surface area contributed by atoms with Gasteiger partial charge in [-0.25, -0.2) is 0 Å². The molecule has 1 aromatic heterocycles. The van der Waals surface area contributed by atoms with Crippen molar-refractivity contribution >= 4 is 27.5 Å². The number of hydrogen-bond donors (Lipinski definition) is 1. The van der Waals surface area contributed by atoms with Crippen molar-refractivity contribution in [2.45, 2.75) is 13.5 Å². The molecule has 0 radical (unpaired) electrons. The zero-order valence-corrected chi connectivity index (χ0v) is 13.9. The van der Waals surface area contributed by atoms with Crippen LogP contribution in [0.15, 0.2) is 41.0 Å². The molecule has 0 bridgehead atoms. The minimum absolute atomic E-state index is 0.000170. The number of halogens is 1. The lowest BCUT2D eigenvalue weighted by Crippen LogP contribution is -2.21. The summed E-state index contributed by atoms with van der Waals surface area (Å²) >= 11 is 3.37. The van der Waals surface area contributed by atoms with Crippen LogP contribution in [0.4, 0.5) is 5.69 Å². The van der Waals surface area contributed by atoms with Crippen LogP contribution in [-0.4, -0.2) is 29.9 Å². The first kappa shape index (κ1) is 15.5. The summed E-state index contributed by atoms with van der Waals surface area (Å²) < 4.78 is 0.959. The van der Waals surface area contributed by atoms with Crippen LogP contribution in [0.5, 0.6) is 0 Å². The van der Waals surface area contributed by atoms with Crippen molar-refractivity contribution in [3.05, 3.63) is 57.8 Å². The van der Waals surface area contributed by atoms with Gasteiger partial charge < -0.3 is 10.2 Å². The number of nitrogens with zero attached hydrogens (tertiary/aromatic N) is 2. The number of amides is 1. The Balaban J connectivity index is 2.14. The molecule has 2 rings (SSSR count). The van der Waals surface area contributed by atoms with E-state index in [0.717, 1.165) is 21.4 Å². The van der Waals surface area contributed by atoms with Crippen LogP contribution in [0, 0.1) is 6.92 Å². The lowest BCUT2D eigenvalue weighted by atomic mass is 10.1. The molecule has 0 spiro atoms. The second-order valence-electron chi connectivity index (χ2n) is 5.05. The second-order valence-corrected chi connectivity index (χ2v) is 5.97. The SMILES string of the molecule is Cc1ccc(C(=O)N(C)C)cc1NCc1ccc(Br)cn1. The maximum Gasteiger partial charge on any atom is 0.253 e. The number of benzene rings is 1. The number of hydrogen-bond acceptors (Lipinski definition) is 3. The molecule has 0 unspecified atom stereocenters. The van der Waals surface area contributed by atoms with Crippen molar-refractivity contribution in [2.24, 2.45) is 0 Å². The van der Waals surface area contributed by atoms with Crippen molar-refractivity contribution in [3.8, 4) is 0 Å². The fraction of sp³-hybridized carbons (Fsp3) is 0.250. The van der Waals surface area contributed by atoms with E-state index >= 15 is 0 Å². The molecule has 2 aromatic rings. The summed E-state index contributed by atoms with van der Waals surface area (Å²) in [4.78, 5) is 17.9. The molecule has 0 saturated heterocycles. The zero-order valence-electron chi connectivity index (χ0n) is 12.4. The van der Waals surface area contributed by atoms with Crippen LogP contribution < -0.4 is 5.32 Å². The Morgan fingerprint density at radius 1 is 1.29 bits per heavy atom. The molecule has 0 aliphatic heterocycles. The lowest BCUT2D eigenvalue weighted by Gasteiger charge is -2.14. The third kappa shape index (κ3) is 4.04. The number of anilines is 1. The van der Waals surface area contributed by atoms with Crippen LogP contribution in [0.1, 0.15) is 21.6 Å². The Morgan fingerprint density at radius 2 is 2.05 bits per heavy atom. The Hall–Kier alpha value is -1.88. The lowest BCUT2D eigenvalue weighted by molar-refractivity contribution is 0.0827. The number of nitrogens with one attached hydrogen (secondary N) is 1. The molecule has 110 valence electrons. The van der Waals surface area contributed by atoms with Crippen LogP contribution in [0.2, 0.25) is 0 Å². The van der Waals surface area contributed by atoms with E-state index in [0.29, 0.717) is 12.1 Å². The average Bonchev–Trinajstić information content (AvgIpc) is 2.47. The molecular weight excluding hydrogens is 330 g/mol. The number of carbonyl (C=O) groups excluding carboxylic acids is 1. The zero-order chi connectivity index (χ0) is 15.4. The summed E-state index contributed by atoms with van der Waals surface area (Å²) in [5.41, 5.74) is 3.67. The number of aryl methyl sites for hydroxylation is 1. The molecule has 0 saturated carbocycles. The normalized spacial score (nSPS) is 10.3. The number of carbonyl (C=O) groups is 1. The van der Waals surface area contributed by atoms with Gasteiger partial charge in [-0.05, 0) is 52.7 Å². The van der Waals surface area contributed by atoms with Gasteiger partial charge in [-0.2, -0.15) is 0 Å². The van der Waals surface area contributed by atoms with E-state index in [1.54, 1.807) is 25.2 Å². The van der Waals surface area contributed by atoms with E-state index in [9.17, 15) is 4.79 Å². The van der Waals surface area contributed by atoms with Gasteiger partial charge in [0.25, 0.3) is 5.91 Å². The minimum atomic E-state index is -0.000170. The largest absolute Gasteiger partial charge is 0.379 e. The van der Waals surface area contributed by atoms with E-state index in [4.69, 9.17) is 0 Å². The third-order valence-corrected chi connectivity index (χ3v) is 3.61. The average molecular weight is 348 g/mol. The fourth-order valence-electron chi connectivity index (χ4n) is 1.90. The van der Waals surface area contributed by atoms with Gasteiger partial charge in [0.05, 0.1) is 12.2 Å². The third-order valence-electron chi connectivity index (χ3n) is 3.14. The Morgan fingerprint density at radius 3 is 2.67 bits per heavy atom. The van der Waals surface area contributed by atoms with Gasteiger partial charge in [0.2, 0.25) is 0 Å². The number of aromatic nitrogens is 1. The monoisotopic (exact) mass is 347 g/mol. The Bertz CT molecular complexity index is 638. The summed E-state index contributed by atoms with van der Waals surface area (Å²) in [6, 6.07) is 9.61. The summed E-state index contributed by atoms with van der Waals surface area (Å²) in [5.74, 6) is -0.000170. The minimum Gasteiger partial charge on any atom is -0.379 e. The molecule has 1 aromatic carbocycles. The molecule has 4 nitrogen and oxygen atoms in total. The quantitative estimate of drug-likeness (QED) is 0.920. The predicted octanol–water partition coefficient (Wildman–Crippen LogP) is 3.47. The maximum absolute atomic E-state index is 12.0. The molecule has 1 heterocycles. The first-order valence-electron chi connectivity index (χ1n) is 6.64. The number of rotatable bonds is 4. The Labute approximate surface area is 133 Å². The second kappa shape index (κ2) is 6.72. The summed E-state index contributed by atoms with van der Waals surface area (Å²) in [6.45, 7) is 2.63. The summed E-state index contributed by atoms with van der Waals surface area (Å²) in [7, 11) is 3.50. The van der Waals surface area contributed by atoms with Crippen molar-refractivity contribution in [1.29, 1.82) is 0 Å². The summed E-state index contributed by atoms with van der Waals surface area (Å²) in [5, 5.41) is 3.33. The molecule has 0 fully saturated rings. The highest BCUT2D eigenvalue weighted by Gasteiger charge is 2.09. The molecule has 0 aliphatic carbocycles. The van der Waals surface area contributed by atoms with Gasteiger partial charge >= 0.3 is 0 Å². The van der Waals surface area contributed by atoms with Crippen molar-refractivity contribution in [3.63, 3.8) is 0 Å². The maximum atomic E-state index is 12.0. The fourth-order valence-corrected chi connectivity index (χ4v) is 2.14. The van der Waals surface area contributed by atoms with Crippen molar-refractivity contribution in [1.82, 2.24) is 9.88 Å². The van der Waals surface area contributed by atoms with Gasteiger partial charge in [-0.15, -0.1) is 0 Å². The molecule has 0 aliphatic rings. The van der Waals surface area contributed by atoms with Gasteiger partial charge in [-0.3, -0.25) is 9.78 Å². The van der Waals surface area contributed by atoms with E-state index in [1.807, 2.05) is 37.3 Å². The molecule has 1 amide bonds. The first-order valence-corrected chi connectivity index (χ1v) is 7.43. The van der Waals surface area contributed by atoms with Crippen molar-refractivity contribution in [2.75, 3.05) is 19.4 Å². The predicted molar refractivity (Wildman–Crippen MR) is 88.5 cm³/mol. The standard InChI is InChI=1S/C16H18BrN3O/c1-11-4-5-12(16(21)20(2)3)8-15(11)19-10-14-7-6-13(17)9-18-14/h4-9,19H,10H2,1-3H3. The molecule has 21 heavy (non-hydrogen) atoms. The molecular formula is C16H18BrN3O. The van der Waals surface area contributed by atoms with Crippen LogP contribution >= 0.6 is 15.9 Å². The molecule has 1 N–H and O–H groups in total. The summed E-state index contributed by atoms with van der Waals surface area (Å²) in [6.07, 6.45) is 1.77. The topological polar surface area (TPSA) is 45.2 Å². The van der Waals surface area contributed by atoms with Gasteiger partial charge in [0.1, 0.15) is 0 Å². The van der Waals surface area contributed by atoms with E-state index in [-0.39, 0.29) is 5.91 Å². The van der Waals surface area contributed by atoms with Gasteiger partial charge in [-0.1, -0.05) is 6.07 Å². The Kier molecular flexibility index (Phi) is 4.96. The van der Waals surface area contributed by atoms with E-state index in [1.165, 1.54) is 0 Å². The van der Waals surface area contributed by atoms with Gasteiger partial charge in [0.15, 0.2) is 0 Å². The van der Waals surface area contributed by atoms with Crippen LogP contribution in [0.3, 0.4) is 0 Å². The highest BCUT2D eigenvalue weighted by atomic mass is 79.9. The van der Waals surface area contributed by atoms with E-state index in [2.05, 4.69) is 26.2 Å². The highest BCUT2D eigenvalue weighted by Crippen LogP contribution is 2.19. The van der Waals surface area contributed by atoms with Crippen LogP contribution in [-0.2, 0) is 6.54 Å². The molecule has 5 heteroatoms. The molecule has 0 atom stereocenters. The first-order chi connectivity index (χ1) is 9.97.